The van der Waals surface area contributed by atoms with Gasteiger partial charge in [-0.15, -0.1) is 0 Å². The molecule has 150 valence electrons. The third kappa shape index (κ3) is 3.85. The van der Waals surface area contributed by atoms with Gasteiger partial charge in [-0.05, 0) is 30.5 Å². The number of aromatic nitrogens is 2. The Labute approximate surface area is 165 Å². The molecule has 3 heterocycles. The quantitative estimate of drug-likeness (QED) is 0.792. The van der Waals surface area contributed by atoms with Crippen molar-refractivity contribution in [3.05, 3.63) is 36.2 Å². The van der Waals surface area contributed by atoms with E-state index in [0.717, 1.165) is 42.5 Å². The Morgan fingerprint density at radius 3 is 2.82 bits per heavy atom. The first kappa shape index (κ1) is 18.8. The number of nitrogens with zero attached hydrogens (tertiary/aromatic N) is 3. The average Bonchev–Trinajstić information content (AvgIpc) is 3.21. The van der Waals surface area contributed by atoms with Crippen LogP contribution in [-0.4, -0.2) is 54.0 Å². The van der Waals surface area contributed by atoms with Crippen LogP contribution < -0.4 is 19.7 Å². The van der Waals surface area contributed by atoms with Gasteiger partial charge < -0.3 is 24.8 Å². The number of ether oxygens (including phenoxy) is 2. The largest absolute Gasteiger partial charge is 0.486 e. The highest BCUT2D eigenvalue weighted by Gasteiger charge is 2.26. The zero-order valence-corrected chi connectivity index (χ0v) is 16.5. The van der Waals surface area contributed by atoms with Crippen LogP contribution in [0.2, 0.25) is 0 Å². The van der Waals surface area contributed by atoms with Gasteiger partial charge in [0.2, 0.25) is 0 Å². The maximum atomic E-state index is 9.57. The Hall–Kier alpha value is -2.54. The van der Waals surface area contributed by atoms with Gasteiger partial charge in [-0.3, -0.25) is 0 Å². The monoisotopic (exact) mass is 384 g/mol. The molecule has 1 saturated heterocycles. The Bertz CT molecular complexity index is 827. The molecule has 0 bridgehead atoms. The first-order valence-electron chi connectivity index (χ1n) is 9.90. The summed E-state index contributed by atoms with van der Waals surface area (Å²) in [5.41, 5.74) is 1.06. The molecule has 7 nitrogen and oxygen atoms in total. The number of aliphatic hydroxyl groups is 1. The normalized spacial score (nSPS) is 19.0. The van der Waals surface area contributed by atoms with Crippen LogP contribution in [0.15, 0.2) is 30.6 Å². The third-order valence-electron chi connectivity index (χ3n) is 5.57. The molecule has 1 unspecified atom stereocenters. The summed E-state index contributed by atoms with van der Waals surface area (Å²) in [5.74, 6) is 3.28. The Morgan fingerprint density at radius 2 is 2.00 bits per heavy atom. The lowest BCUT2D eigenvalue weighted by atomic mass is 9.84. The third-order valence-corrected chi connectivity index (χ3v) is 5.57. The van der Waals surface area contributed by atoms with E-state index in [9.17, 15) is 5.11 Å². The smallest absolute Gasteiger partial charge is 0.161 e. The van der Waals surface area contributed by atoms with Crippen LogP contribution in [0.5, 0.6) is 11.5 Å². The fraction of sp³-hybridized carbons (Fsp3) is 0.524. The van der Waals surface area contributed by atoms with Crippen LogP contribution in [-0.2, 0) is 5.41 Å². The lowest BCUT2D eigenvalue weighted by molar-refractivity contribution is 0.171. The second kappa shape index (κ2) is 7.83. The zero-order chi connectivity index (χ0) is 19.6. The first-order valence-corrected chi connectivity index (χ1v) is 9.90. The highest BCUT2D eigenvalue weighted by atomic mass is 16.6. The molecule has 0 spiro atoms. The Kier molecular flexibility index (Phi) is 5.26. The van der Waals surface area contributed by atoms with Crippen LogP contribution >= 0.6 is 0 Å². The van der Waals surface area contributed by atoms with Crippen molar-refractivity contribution < 1.29 is 14.6 Å². The van der Waals surface area contributed by atoms with Gasteiger partial charge in [0.05, 0.1) is 12.6 Å². The summed E-state index contributed by atoms with van der Waals surface area (Å²) < 4.78 is 11.3. The molecule has 4 rings (SSSR count). The van der Waals surface area contributed by atoms with Crippen molar-refractivity contribution in [3.8, 4) is 11.5 Å². The lowest BCUT2D eigenvalue weighted by Gasteiger charge is -2.28. The molecule has 0 saturated carbocycles. The Morgan fingerprint density at radius 1 is 1.18 bits per heavy atom. The van der Waals surface area contributed by atoms with Crippen molar-refractivity contribution in [1.82, 2.24) is 9.97 Å². The number of aliphatic hydroxyl groups excluding tert-OH is 1. The lowest BCUT2D eigenvalue weighted by Crippen LogP contribution is -2.33. The van der Waals surface area contributed by atoms with E-state index in [0.29, 0.717) is 19.8 Å². The van der Waals surface area contributed by atoms with E-state index in [-0.39, 0.29) is 18.1 Å². The van der Waals surface area contributed by atoms with E-state index in [1.165, 1.54) is 5.56 Å². The molecule has 2 aliphatic rings. The van der Waals surface area contributed by atoms with Gasteiger partial charge in [0.25, 0.3) is 0 Å². The van der Waals surface area contributed by atoms with Gasteiger partial charge in [-0.1, -0.05) is 19.9 Å². The van der Waals surface area contributed by atoms with Gasteiger partial charge >= 0.3 is 0 Å². The molecule has 2 aromatic rings. The van der Waals surface area contributed by atoms with E-state index in [1.54, 1.807) is 6.33 Å². The molecule has 2 aliphatic heterocycles. The number of benzene rings is 1. The van der Waals surface area contributed by atoms with Gasteiger partial charge in [0, 0.05) is 24.6 Å². The minimum Gasteiger partial charge on any atom is -0.486 e. The highest BCUT2D eigenvalue weighted by molar-refractivity contribution is 5.51. The first-order chi connectivity index (χ1) is 13.6. The molecule has 2 N–H and O–H groups in total. The molecule has 0 radical (unpaired) electrons. The van der Waals surface area contributed by atoms with Crippen LogP contribution in [0.1, 0.15) is 32.3 Å². The minimum atomic E-state index is -0.123. The number of nitrogens with one attached hydrogen (secondary N) is 1. The summed E-state index contributed by atoms with van der Waals surface area (Å²) in [6.07, 6.45) is 3.66. The number of hydrogen-bond donors (Lipinski definition) is 2. The second-order valence-electron chi connectivity index (χ2n) is 8.03. The van der Waals surface area contributed by atoms with Crippen LogP contribution in [0.4, 0.5) is 11.6 Å². The van der Waals surface area contributed by atoms with E-state index in [1.807, 2.05) is 12.1 Å². The highest BCUT2D eigenvalue weighted by Crippen LogP contribution is 2.35. The van der Waals surface area contributed by atoms with Crippen molar-refractivity contribution >= 4 is 11.6 Å². The van der Waals surface area contributed by atoms with E-state index in [2.05, 4.69) is 46.2 Å². The maximum Gasteiger partial charge on any atom is 0.161 e. The molecular weight excluding hydrogens is 356 g/mol. The zero-order valence-electron chi connectivity index (χ0n) is 16.5. The van der Waals surface area contributed by atoms with Crippen molar-refractivity contribution in [2.75, 3.05) is 43.1 Å². The average molecular weight is 384 g/mol. The van der Waals surface area contributed by atoms with E-state index < -0.39 is 0 Å². The SMILES string of the molecule is CC(C)(CNc1cc(N2CCCC2CO)ncn1)c1ccc2c(c1)OCCO2. The predicted octanol–water partition coefficient (Wildman–Crippen LogP) is 2.60. The fourth-order valence-electron chi connectivity index (χ4n) is 3.81. The number of anilines is 2. The topological polar surface area (TPSA) is 79.7 Å². The molecule has 28 heavy (non-hydrogen) atoms. The molecule has 7 heteroatoms. The fourth-order valence-corrected chi connectivity index (χ4v) is 3.81. The number of fused-ring (bicyclic) bond motifs is 1. The summed E-state index contributed by atoms with van der Waals surface area (Å²) in [5, 5.41) is 13.0. The van der Waals surface area contributed by atoms with E-state index in [4.69, 9.17) is 9.47 Å². The van der Waals surface area contributed by atoms with Crippen LogP contribution in [0.3, 0.4) is 0 Å². The molecule has 1 aromatic carbocycles. The summed E-state index contributed by atoms with van der Waals surface area (Å²) in [7, 11) is 0. The standard InChI is InChI=1S/C21H28N4O3/c1-21(2,15-5-6-17-18(10-15)28-9-8-27-17)13-22-19-11-20(24-14-23-19)25-7-3-4-16(25)12-26/h5-6,10-11,14,16,26H,3-4,7-9,12-13H2,1-2H3,(H,22,23,24). The van der Waals surface area contributed by atoms with Gasteiger partial charge in [-0.25, -0.2) is 9.97 Å². The van der Waals surface area contributed by atoms with Gasteiger partial charge in [0.1, 0.15) is 31.2 Å². The summed E-state index contributed by atoms with van der Waals surface area (Å²) in [4.78, 5) is 10.9. The van der Waals surface area contributed by atoms with Gasteiger partial charge in [-0.2, -0.15) is 0 Å². The summed E-state index contributed by atoms with van der Waals surface area (Å²) >= 11 is 0. The molecule has 1 aromatic heterocycles. The Balaban J connectivity index is 1.45. The molecule has 0 aliphatic carbocycles. The number of rotatable bonds is 6. The maximum absolute atomic E-state index is 9.57. The molecule has 1 fully saturated rings. The number of hydrogen-bond acceptors (Lipinski definition) is 7. The summed E-state index contributed by atoms with van der Waals surface area (Å²) in [6, 6.07) is 8.26. The second-order valence-corrected chi connectivity index (χ2v) is 8.03. The molecule has 1 atom stereocenters. The van der Waals surface area contributed by atoms with Crippen molar-refractivity contribution in [1.29, 1.82) is 0 Å². The van der Waals surface area contributed by atoms with Gasteiger partial charge in [0.15, 0.2) is 11.5 Å². The van der Waals surface area contributed by atoms with Crippen molar-refractivity contribution in [3.63, 3.8) is 0 Å². The van der Waals surface area contributed by atoms with E-state index >= 15 is 0 Å². The van der Waals surface area contributed by atoms with Crippen molar-refractivity contribution in [2.45, 2.75) is 38.1 Å². The predicted molar refractivity (Wildman–Crippen MR) is 108 cm³/mol. The summed E-state index contributed by atoms with van der Waals surface area (Å²) in [6.45, 7) is 7.36. The minimum absolute atomic E-state index is 0.123. The molecular formula is C21H28N4O3. The van der Waals surface area contributed by atoms with Crippen molar-refractivity contribution in [2.24, 2.45) is 0 Å². The van der Waals surface area contributed by atoms with Crippen LogP contribution in [0.25, 0.3) is 0 Å². The molecule has 0 amide bonds. The van der Waals surface area contributed by atoms with Crippen LogP contribution in [0, 0.1) is 0 Å².